The molecule has 76 valence electrons. The number of carbonyl (C=O) groups is 1. The van der Waals surface area contributed by atoms with Crippen LogP contribution in [0.2, 0.25) is 0 Å². The summed E-state index contributed by atoms with van der Waals surface area (Å²) in [7, 11) is 0. The highest BCUT2D eigenvalue weighted by Gasteiger charge is 2.18. The smallest absolute Gasteiger partial charge is 0.132 e. The van der Waals surface area contributed by atoms with Gasteiger partial charge in [0.05, 0.1) is 0 Å². The van der Waals surface area contributed by atoms with Crippen molar-refractivity contribution in [3.8, 4) is 0 Å². The molecule has 0 aromatic carbocycles. The predicted octanol–water partition coefficient (Wildman–Crippen LogP) is 3.44. The molecule has 14 heavy (non-hydrogen) atoms. The van der Waals surface area contributed by atoms with E-state index in [0.29, 0.717) is 5.78 Å². The van der Waals surface area contributed by atoms with Gasteiger partial charge in [-0.1, -0.05) is 6.07 Å². The molecule has 1 nitrogen and oxygen atoms in total. The number of Topliss-reactive ketones (excluding diaryl/α,β-unsaturated/α-hetero) is 1. The van der Waals surface area contributed by atoms with Gasteiger partial charge in [0.25, 0.3) is 0 Å². The molecule has 2 heteroatoms. The molecule has 0 spiro atoms. The van der Waals surface area contributed by atoms with Crippen molar-refractivity contribution in [1.29, 1.82) is 0 Å². The third kappa shape index (κ3) is 2.68. The van der Waals surface area contributed by atoms with Crippen LogP contribution in [0, 0.1) is 5.92 Å². The Morgan fingerprint density at radius 2 is 2.14 bits per heavy atom. The van der Waals surface area contributed by atoms with Gasteiger partial charge in [0, 0.05) is 17.7 Å². The molecule has 1 aliphatic rings. The lowest BCUT2D eigenvalue weighted by Crippen LogP contribution is -2.14. The van der Waals surface area contributed by atoms with Gasteiger partial charge in [-0.25, -0.2) is 0 Å². The maximum absolute atomic E-state index is 11.0. The summed E-state index contributed by atoms with van der Waals surface area (Å²) in [5.74, 6) is 1.27. The summed E-state index contributed by atoms with van der Waals surface area (Å²) in [5.41, 5.74) is 0. The van der Waals surface area contributed by atoms with Gasteiger partial charge in [-0.05, 0) is 43.0 Å². The molecule has 0 bridgehead atoms. The van der Waals surface area contributed by atoms with Crippen LogP contribution >= 0.6 is 11.3 Å². The lowest BCUT2D eigenvalue weighted by Gasteiger charge is -2.20. The number of aryl methyl sites for hydroxylation is 1. The summed E-state index contributed by atoms with van der Waals surface area (Å²) in [6.07, 6.45) is 6.39. The van der Waals surface area contributed by atoms with E-state index in [-0.39, 0.29) is 0 Å². The number of rotatable bonds is 3. The summed E-state index contributed by atoms with van der Waals surface area (Å²) >= 11 is 1.85. The van der Waals surface area contributed by atoms with Gasteiger partial charge in [-0.2, -0.15) is 0 Å². The maximum atomic E-state index is 11.0. The molecular formula is C12H16OS. The van der Waals surface area contributed by atoms with Crippen LogP contribution < -0.4 is 0 Å². The largest absolute Gasteiger partial charge is 0.300 e. The lowest BCUT2D eigenvalue weighted by atomic mass is 9.85. The van der Waals surface area contributed by atoms with E-state index in [2.05, 4.69) is 17.5 Å². The van der Waals surface area contributed by atoms with E-state index in [4.69, 9.17) is 0 Å². The van der Waals surface area contributed by atoms with Gasteiger partial charge in [-0.15, -0.1) is 11.3 Å². The molecule has 1 aliphatic carbocycles. The van der Waals surface area contributed by atoms with Crippen LogP contribution in [0.5, 0.6) is 0 Å². The average Bonchev–Trinajstić information content (AvgIpc) is 2.70. The predicted molar refractivity (Wildman–Crippen MR) is 59.6 cm³/mol. The minimum atomic E-state index is 0.470. The first-order valence-corrected chi connectivity index (χ1v) is 6.26. The minimum Gasteiger partial charge on any atom is -0.300 e. The summed E-state index contributed by atoms with van der Waals surface area (Å²) in [4.78, 5) is 12.5. The Morgan fingerprint density at radius 1 is 1.36 bits per heavy atom. The van der Waals surface area contributed by atoms with Crippen molar-refractivity contribution in [3.05, 3.63) is 22.4 Å². The van der Waals surface area contributed by atoms with Gasteiger partial charge < -0.3 is 0 Å². The Hall–Kier alpha value is -0.630. The van der Waals surface area contributed by atoms with Crippen LogP contribution in [0.15, 0.2) is 17.5 Å². The van der Waals surface area contributed by atoms with Crippen molar-refractivity contribution >= 4 is 17.1 Å². The number of hydrogen-bond donors (Lipinski definition) is 0. The quantitative estimate of drug-likeness (QED) is 0.743. The standard InChI is InChI=1S/C12H16OS/c13-11-6-3-10(4-7-11)5-8-12-2-1-9-14-12/h1-2,9-10H,3-8H2. The van der Waals surface area contributed by atoms with E-state index in [1.54, 1.807) is 0 Å². The van der Waals surface area contributed by atoms with E-state index in [1.165, 1.54) is 17.7 Å². The van der Waals surface area contributed by atoms with Crippen LogP contribution in [0.25, 0.3) is 0 Å². The van der Waals surface area contributed by atoms with Crippen LogP contribution in [0.4, 0.5) is 0 Å². The van der Waals surface area contributed by atoms with Crippen molar-refractivity contribution in [2.75, 3.05) is 0 Å². The van der Waals surface area contributed by atoms with Gasteiger partial charge in [0.15, 0.2) is 0 Å². The van der Waals surface area contributed by atoms with Crippen molar-refractivity contribution < 1.29 is 4.79 Å². The molecule has 0 aliphatic heterocycles. The number of hydrogen-bond acceptors (Lipinski definition) is 2. The summed E-state index contributed by atoms with van der Waals surface area (Å²) in [5, 5.41) is 2.14. The van der Waals surface area contributed by atoms with Gasteiger partial charge in [-0.3, -0.25) is 4.79 Å². The normalized spacial score (nSPS) is 18.7. The molecule has 1 saturated carbocycles. The Balaban J connectivity index is 1.73. The molecule has 1 aromatic rings. The molecule has 0 N–H and O–H groups in total. The first-order valence-electron chi connectivity index (χ1n) is 5.38. The average molecular weight is 208 g/mol. The molecule has 1 fully saturated rings. The van der Waals surface area contributed by atoms with Crippen molar-refractivity contribution in [2.24, 2.45) is 5.92 Å². The molecule has 1 heterocycles. The molecule has 0 saturated heterocycles. The van der Waals surface area contributed by atoms with E-state index in [9.17, 15) is 4.79 Å². The zero-order valence-corrected chi connectivity index (χ0v) is 9.19. The van der Waals surface area contributed by atoms with E-state index in [1.807, 2.05) is 11.3 Å². The summed E-state index contributed by atoms with van der Waals surface area (Å²) in [6.45, 7) is 0. The van der Waals surface area contributed by atoms with Gasteiger partial charge in [0.2, 0.25) is 0 Å². The molecule has 0 amide bonds. The first kappa shape index (κ1) is 9.91. The second-order valence-corrected chi connectivity index (χ2v) is 5.13. The number of carbonyl (C=O) groups excluding carboxylic acids is 1. The Morgan fingerprint density at radius 3 is 2.79 bits per heavy atom. The SMILES string of the molecule is O=C1CCC(CCc2cccs2)CC1. The minimum absolute atomic E-state index is 0.470. The fourth-order valence-corrected chi connectivity index (χ4v) is 2.81. The Labute approximate surface area is 89.1 Å². The fourth-order valence-electron chi connectivity index (χ4n) is 2.09. The Bertz CT molecular complexity index is 279. The Kier molecular flexibility index (Phi) is 3.35. The highest BCUT2D eigenvalue weighted by Crippen LogP contribution is 2.26. The number of ketones is 1. The van der Waals surface area contributed by atoms with Crippen LogP contribution in [0.3, 0.4) is 0 Å². The highest BCUT2D eigenvalue weighted by molar-refractivity contribution is 7.09. The maximum Gasteiger partial charge on any atom is 0.132 e. The van der Waals surface area contributed by atoms with Crippen LogP contribution in [-0.4, -0.2) is 5.78 Å². The second kappa shape index (κ2) is 4.74. The van der Waals surface area contributed by atoms with Crippen LogP contribution in [0.1, 0.15) is 37.0 Å². The third-order valence-electron chi connectivity index (χ3n) is 3.04. The van der Waals surface area contributed by atoms with Crippen molar-refractivity contribution in [2.45, 2.75) is 38.5 Å². The van der Waals surface area contributed by atoms with Crippen LogP contribution in [-0.2, 0) is 11.2 Å². The number of thiophene rings is 1. The molecule has 1 aromatic heterocycles. The monoisotopic (exact) mass is 208 g/mol. The highest BCUT2D eigenvalue weighted by atomic mass is 32.1. The molecule has 0 unspecified atom stereocenters. The van der Waals surface area contributed by atoms with Crippen molar-refractivity contribution in [1.82, 2.24) is 0 Å². The summed E-state index contributed by atoms with van der Waals surface area (Å²) in [6, 6.07) is 4.32. The molecule has 2 rings (SSSR count). The van der Waals surface area contributed by atoms with Gasteiger partial charge in [0.1, 0.15) is 5.78 Å². The van der Waals surface area contributed by atoms with Gasteiger partial charge >= 0.3 is 0 Å². The van der Waals surface area contributed by atoms with E-state index < -0.39 is 0 Å². The zero-order valence-electron chi connectivity index (χ0n) is 8.37. The second-order valence-electron chi connectivity index (χ2n) is 4.10. The summed E-state index contributed by atoms with van der Waals surface area (Å²) < 4.78 is 0. The van der Waals surface area contributed by atoms with E-state index in [0.717, 1.165) is 31.6 Å². The topological polar surface area (TPSA) is 17.1 Å². The third-order valence-corrected chi connectivity index (χ3v) is 3.98. The first-order chi connectivity index (χ1) is 6.84. The molecule has 0 radical (unpaired) electrons. The van der Waals surface area contributed by atoms with Crippen molar-refractivity contribution in [3.63, 3.8) is 0 Å². The lowest BCUT2D eigenvalue weighted by molar-refractivity contribution is -0.121. The zero-order chi connectivity index (χ0) is 9.80. The fraction of sp³-hybridized carbons (Fsp3) is 0.583. The molecule has 0 atom stereocenters. The molecular weight excluding hydrogens is 192 g/mol. The van der Waals surface area contributed by atoms with E-state index >= 15 is 0 Å².